The van der Waals surface area contributed by atoms with Gasteiger partial charge < -0.3 is 9.64 Å². The van der Waals surface area contributed by atoms with Crippen LogP contribution in [0.4, 0.5) is 5.69 Å². The van der Waals surface area contributed by atoms with Gasteiger partial charge in [0.15, 0.2) is 5.78 Å². The van der Waals surface area contributed by atoms with Crippen LogP contribution in [-0.2, 0) is 19.1 Å². The van der Waals surface area contributed by atoms with Crippen LogP contribution in [0.15, 0.2) is 30.3 Å². The summed E-state index contributed by atoms with van der Waals surface area (Å²) in [6, 6.07) is 6.97. The Balaban J connectivity index is 1.86. The second kappa shape index (κ2) is 6.80. The quantitative estimate of drug-likeness (QED) is 0.732. The van der Waals surface area contributed by atoms with E-state index in [0.717, 1.165) is 16.8 Å². The van der Waals surface area contributed by atoms with Crippen molar-refractivity contribution in [1.29, 1.82) is 0 Å². The van der Waals surface area contributed by atoms with Crippen molar-refractivity contribution in [1.82, 2.24) is 4.90 Å². The normalized spacial score (nSPS) is 28.2. The van der Waals surface area contributed by atoms with Gasteiger partial charge in [0, 0.05) is 23.8 Å². The average Bonchev–Trinajstić information content (AvgIpc) is 3.13. The van der Waals surface area contributed by atoms with Crippen molar-refractivity contribution in [2.45, 2.75) is 39.8 Å². The number of nitrogens with zero attached hydrogens (tertiary/aromatic N) is 2. The molecule has 0 unspecified atom stereocenters. The number of fused-ring (bicyclic) bond motifs is 5. The van der Waals surface area contributed by atoms with Crippen molar-refractivity contribution < 1.29 is 19.1 Å². The monoisotopic (exact) mass is 396 g/mol. The molecule has 6 heteroatoms. The molecule has 154 valence electrons. The van der Waals surface area contributed by atoms with Gasteiger partial charge in [-0.15, -0.1) is 0 Å². The number of hydrogen-bond acceptors (Lipinski definition) is 5. The van der Waals surface area contributed by atoms with Crippen LogP contribution in [0.1, 0.15) is 33.3 Å². The number of allylic oxidation sites excluding steroid dienone is 1. The summed E-state index contributed by atoms with van der Waals surface area (Å²) in [6.45, 7) is 8.16. The van der Waals surface area contributed by atoms with E-state index in [1.165, 1.54) is 4.90 Å². The molecule has 2 fully saturated rings. The van der Waals surface area contributed by atoms with Crippen LogP contribution < -0.4 is 4.90 Å². The third-order valence-electron chi connectivity index (χ3n) is 6.37. The molecule has 2 saturated heterocycles. The third-order valence-corrected chi connectivity index (χ3v) is 6.37. The van der Waals surface area contributed by atoms with E-state index in [4.69, 9.17) is 4.74 Å². The van der Waals surface area contributed by atoms with Gasteiger partial charge in [-0.1, -0.05) is 45.0 Å². The number of carbonyl (C=O) groups excluding carboxylic acids is 3. The van der Waals surface area contributed by atoms with E-state index >= 15 is 0 Å². The molecule has 4 rings (SSSR count). The Morgan fingerprint density at radius 3 is 2.41 bits per heavy atom. The van der Waals surface area contributed by atoms with Crippen LogP contribution in [0.5, 0.6) is 0 Å². The fourth-order valence-corrected chi connectivity index (χ4v) is 5.01. The second-order valence-corrected chi connectivity index (χ2v) is 9.20. The molecule has 29 heavy (non-hydrogen) atoms. The molecule has 0 saturated carbocycles. The van der Waals surface area contributed by atoms with Crippen molar-refractivity contribution in [2.75, 3.05) is 25.2 Å². The summed E-state index contributed by atoms with van der Waals surface area (Å²) in [6.07, 6.45) is 2.06. The number of anilines is 1. The van der Waals surface area contributed by atoms with Crippen molar-refractivity contribution >= 4 is 28.9 Å². The van der Waals surface area contributed by atoms with Crippen LogP contribution in [0, 0.1) is 17.3 Å². The van der Waals surface area contributed by atoms with Gasteiger partial charge in [0.25, 0.3) is 0 Å². The minimum atomic E-state index is -0.661. The Bertz CT molecular complexity index is 914. The summed E-state index contributed by atoms with van der Waals surface area (Å²) >= 11 is 0. The lowest BCUT2D eigenvalue weighted by molar-refractivity contribution is -0.142. The molecule has 0 spiro atoms. The summed E-state index contributed by atoms with van der Waals surface area (Å²) in [7, 11) is 1.55. The molecule has 0 aromatic heterocycles. The first-order chi connectivity index (χ1) is 13.7. The van der Waals surface area contributed by atoms with Gasteiger partial charge in [0.05, 0.1) is 31.0 Å². The molecule has 3 heterocycles. The lowest BCUT2D eigenvalue weighted by Gasteiger charge is -2.39. The van der Waals surface area contributed by atoms with Gasteiger partial charge in [0.1, 0.15) is 6.04 Å². The number of hydrogen-bond donors (Lipinski definition) is 0. The summed E-state index contributed by atoms with van der Waals surface area (Å²) < 4.78 is 5.09. The number of carbonyl (C=O) groups is 3. The number of para-hydroxylation sites is 1. The predicted molar refractivity (Wildman–Crippen MR) is 110 cm³/mol. The Morgan fingerprint density at radius 1 is 1.10 bits per heavy atom. The van der Waals surface area contributed by atoms with Crippen molar-refractivity contribution in [3.05, 3.63) is 35.9 Å². The standard InChI is InChI=1S/C23H28N2O4/c1-13-12-16-17-18(22(28)24(21(17)27)10-11-29-5)19(20(26)23(2,3)4)25(16)15-9-7-6-8-14(13)15/h6-9,12,16-19H,10-11H2,1-5H3/t16-,17+,18-,19+/m0/s1. The summed E-state index contributed by atoms with van der Waals surface area (Å²) in [5.41, 5.74) is 2.42. The smallest absolute Gasteiger partial charge is 0.235 e. The fourth-order valence-electron chi connectivity index (χ4n) is 5.01. The zero-order valence-electron chi connectivity index (χ0n) is 17.6. The molecule has 3 aliphatic rings. The van der Waals surface area contributed by atoms with E-state index in [9.17, 15) is 14.4 Å². The zero-order chi connectivity index (χ0) is 21.1. The number of likely N-dealkylation sites (tertiary alicyclic amines) is 1. The second-order valence-electron chi connectivity index (χ2n) is 9.20. The van der Waals surface area contributed by atoms with E-state index in [-0.39, 0.29) is 30.2 Å². The zero-order valence-corrected chi connectivity index (χ0v) is 17.6. The van der Waals surface area contributed by atoms with Gasteiger partial charge in [-0.3, -0.25) is 19.3 Å². The number of ether oxygens (including phenoxy) is 1. The lowest BCUT2D eigenvalue weighted by atomic mass is 9.79. The van der Waals surface area contributed by atoms with Crippen LogP contribution in [0.3, 0.4) is 0 Å². The summed E-state index contributed by atoms with van der Waals surface area (Å²) in [5.74, 6) is -1.66. The molecule has 6 nitrogen and oxygen atoms in total. The van der Waals surface area contributed by atoms with Crippen molar-refractivity contribution in [3.8, 4) is 0 Å². The molecule has 3 aliphatic heterocycles. The number of rotatable bonds is 4. The topological polar surface area (TPSA) is 66.9 Å². The molecule has 0 radical (unpaired) electrons. The van der Waals surface area contributed by atoms with Crippen LogP contribution >= 0.6 is 0 Å². The van der Waals surface area contributed by atoms with Gasteiger partial charge >= 0.3 is 0 Å². The Kier molecular flexibility index (Phi) is 4.65. The van der Waals surface area contributed by atoms with Gasteiger partial charge in [-0.05, 0) is 18.6 Å². The maximum Gasteiger partial charge on any atom is 0.235 e. The number of ketones is 1. The molecular weight excluding hydrogens is 368 g/mol. The van der Waals surface area contributed by atoms with Crippen LogP contribution in [-0.4, -0.2) is 54.8 Å². The highest BCUT2D eigenvalue weighted by molar-refractivity contribution is 6.12. The SMILES string of the molecule is COCCN1C(=O)[C@H]2[C@H](C1=O)[C@H](C(=O)C(C)(C)C)N1c3ccccc3C(C)=C[C@@H]21. The molecule has 1 aromatic carbocycles. The predicted octanol–water partition coefficient (Wildman–Crippen LogP) is 2.52. The van der Waals surface area contributed by atoms with E-state index < -0.39 is 23.3 Å². The number of Topliss-reactive ketones (excluding diaryl/α,β-unsaturated/α-hetero) is 1. The molecule has 2 amide bonds. The number of methoxy groups -OCH3 is 1. The van der Waals surface area contributed by atoms with Crippen LogP contribution in [0.25, 0.3) is 5.57 Å². The Morgan fingerprint density at radius 2 is 1.76 bits per heavy atom. The molecule has 1 aromatic rings. The van der Waals surface area contributed by atoms with E-state index in [0.29, 0.717) is 6.61 Å². The molecule has 0 N–H and O–H groups in total. The molecule has 0 aliphatic carbocycles. The van der Waals surface area contributed by atoms with E-state index in [2.05, 4.69) is 6.08 Å². The largest absolute Gasteiger partial charge is 0.383 e. The maximum absolute atomic E-state index is 13.6. The average molecular weight is 396 g/mol. The molecule has 4 atom stereocenters. The van der Waals surface area contributed by atoms with E-state index in [1.54, 1.807) is 7.11 Å². The third kappa shape index (κ3) is 2.84. The van der Waals surface area contributed by atoms with E-state index in [1.807, 2.05) is 56.9 Å². The van der Waals surface area contributed by atoms with Crippen molar-refractivity contribution in [3.63, 3.8) is 0 Å². The van der Waals surface area contributed by atoms with Gasteiger partial charge in [-0.25, -0.2) is 0 Å². The highest BCUT2D eigenvalue weighted by Crippen LogP contribution is 2.50. The van der Waals surface area contributed by atoms with Crippen LogP contribution in [0.2, 0.25) is 0 Å². The summed E-state index contributed by atoms with van der Waals surface area (Å²) in [4.78, 5) is 43.5. The molecule has 0 bridgehead atoms. The highest BCUT2D eigenvalue weighted by atomic mass is 16.5. The summed E-state index contributed by atoms with van der Waals surface area (Å²) in [5, 5.41) is 0. The Labute approximate surface area is 171 Å². The molecular formula is C23H28N2O4. The Hall–Kier alpha value is -2.47. The lowest BCUT2D eigenvalue weighted by Crippen LogP contribution is -2.51. The minimum absolute atomic E-state index is 0.00695. The first kappa shape index (κ1) is 19.8. The maximum atomic E-state index is 13.6. The fraction of sp³-hybridized carbons (Fsp3) is 0.522. The van der Waals surface area contributed by atoms with Gasteiger partial charge in [-0.2, -0.15) is 0 Å². The number of benzene rings is 1. The highest BCUT2D eigenvalue weighted by Gasteiger charge is 2.64. The first-order valence-electron chi connectivity index (χ1n) is 10.1. The van der Waals surface area contributed by atoms with Crippen molar-refractivity contribution in [2.24, 2.45) is 17.3 Å². The van der Waals surface area contributed by atoms with Gasteiger partial charge in [0.2, 0.25) is 11.8 Å². The number of amides is 2. The first-order valence-corrected chi connectivity index (χ1v) is 10.1. The minimum Gasteiger partial charge on any atom is -0.383 e. The number of imide groups is 1.